The number of rotatable bonds is 5. The summed E-state index contributed by atoms with van der Waals surface area (Å²) in [6.45, 7) is 7.21. The van der Waals surface area contributed by atoms with E-state index in [1.807, 2.05) is 29.2 Å². The lowest BCUT2D eigenvalue weighted by Gasteiger charge is -2.34. The van der Waals surface area contributed by atoms with Crippen LogP contribution in [0.4, 0.5) is 5.13 Å². The van der Waals surface area contributed by atoms with Gasteiger partial charge in [-0.05, 0) is 36.6 Å². The van der Waals surface area contributed by atoms with Crippen molar-refractivity contribution in [3.8, 4) is 0 Å². The van der Waals surface area contributed by atoms with Crippen molar-refractivity contribution in [3.63, 3.8) is 0 Å². The largest absolute Gasteiger partial charge is 0.343 e. The van der Waals surface area contributed by atoms with Gasteiger partial charge >= 0.3 is 0 Å². The molecule has 0 aliphatic carbocycles. The summed E-state index contributed by atoms with van der Waals surface area (Å²) in [5, 5.41) is 0.950. The number of piperazine rings is 1. The van der Waals surface area contributed by atoms with Crippen molar-refractivity contribution in [3.05, 3.63) is 76.6 Å². The van der Waals surface area contributed by atoms with Gasteiger partial charge in [0, 0.05) is 49.7 Å². The van der Waals surface area contributed by atoms with Crippen LogP contribution in [0.25, 0.3) is 0 Å². The molecule has 0 N–H and O–H groups in total. The molecule has 150 valence electrons. The van der Waals surface area contributed by atoms with Crippen molar-refractivity contribution in [2.45, 2.75) is 26.7 Å². The van der Waals surface area contributed by atoms with Gasteiger partial charge in [0.25, 0.3) is 5.91 Å². The Hall–Kier alpha value is -2.73. The summed E-state index contributed by atoms with van der Waals surface area (Å²) in [5.41, 5.74) is 4.51. The first-order chi connectivity index (χ1) is 14.1. The van der Waals surface area contributed by atoms with Crippen LogP contribution in [0, 0.1) is 6.92 Å². The third-order valence-corrected chi connectivity index (χ3v) is 6.20. The molecule has 0 unspecified atom stereocenters. The Morgan fingerprint density at radius 2 is 1.62 bits per heavy atom. The fraction of sp³-hybridized carbons (Fsp3) is 0.348. The summed E-state index contributed by atoms with van der Waals surface area (Å²) < 4.78 is 4.54. The van der Waals surface area contributed by atoms with Crippen LogP contribution in [-0.2, 0) is 12.8 Å². The lowest BCUT2D eigenvalue weighted by molar-refractivity contribution is 0.0746. The van der Waals surface area contributed by atoms with Crippen molar-refractivity contribution in [2.24, 2.45) is 0 Å². The van der Waals surface area contributed by atoms with E-state index in [1.165, 1.54) is 28.2 Å². The van der Waals surface area contributed by atoms with Gasteiger partial charge < -0.3 is 9.80 Å². The van der Waals surface area contributed by atoms with E-state index >= 15 is 0 Å². The summed E-state index contributed by atoms with van der Waals surface area (Å²) in [5.74, 6) is 0.980. The minimum Gasteiger partial charge on any atom is -0.343 e. The number of anilines is 1. The van der Waals surface area contributed by atoms with E-state index in [-0.39, 0.29) is 5.91 Å². The Labute approximate surface area is 176 Å². The van der Waals surface area contributed by atoms with E-state index in [4.69, 9.17) is 4.98 Å². The van der Waals surface area contributed by atoms with Crippen molar-refractivity contribution >= 4 is 22.6 Å². The van der Waals surface area contributed by atoms with Crippen LogP contribution in [0.3, 0.4) is 0 Å². The smallest absolute Gasteiger partial charge is 0.253 e. The van der Waals surface area contributed by atoms with E-state index < -0.39 is 0 Å². The molecule has 1 fully saturated rings. The maximum absolute atomic E-state index is 12.8. The van der Waals surface area contributed by atoms with Crippen molar-refractivity contribution in [1.82, 2.24) is 14.3 Å². The Morgan fingerprint density at radius 1 is 0.966 bits per heavy atom. The number of aryl methyl sites for hydroxylation is 2. The molecule has 2 heterocycles. The van der Waals surface area contributed by atoms with Crippen LogP contribution in [-0.4, -0.2) is 46.3 Å². The SMILES string of the molecule is CCc1ccc(C(=O)N2CCN(c3nc(Cc4ccc(C)cc4)ns3)CC2)cc1. The van der Waals surface area contributed by atoms with Crippen LogP contribution in [0.2, 0.25) is 0 Å². The zero-order valence-corrected chi connectivity index (χ0v) is 17.8. The molecule has 4 rings (SSSR count). The van der Waals surface area contributed by atoms with Gasteiger partial charge in [-0.25, -0.2) is 4.98 Å². The monoisotopic (exact) mass is 406 g/mol. The van der Waals surface area contributed by atoms with Gasteiger partial charge in [-0.15, -0.1) is 0 Å². The number of hydrogen-bond donors (Lipinski definition) is 0. The summed E-state index contributed by atoms with van der Waals surface area (Å²) in [7, 11) is 0. The molecule has 5 nitrogen and oxygen atoms in total. The molecule has 0 bridgehead atoms. The number of amides is 1. The van der Waals surface area contributed by atoms with Crippen LogP contribution in [0.1, 0.15) is 39.8 Å². The molecule has 1 aromatic heterocycles. The second-order valence-corrected chi connectivity index (χ2v) is 8.22. The van der Waals surface area contributed by atoms with Gasteiger partial charge in [0.2, 0.25) is 5.13 Å². The number of carbonyl (C=O) groups excluding carboxylic acids is 1. The van der Waals surface area contributed by atoms with E-state index in [9.17, 15) is 4.79 Å². The van der Waals surface area contributed by atoms with Crippen LogP contribution < -0.4 is 4.90 Å². The summed E-state index contributed by atoms with van der Waals surface area (Å²) in [6.07, 6.45) is 1.74. The fourth-order valence-corrected chi connectivity index (χ4v) is 4.24. The average Bonchev–Trinajstić information content (AvgIpc) is 3.23. The second-order valence-electron chi connectivity index (χ2n) is 7.49. The molecule has 6 heteroatoms. The van der Waals surface area contributed by atoms with Crippen LogP contribution in [0.15, 0.2) is 48.5 Å². The summed E-state index contributed by atoms with van der Waals surface area (Å²) in [4.78, 5) is 21.7. The number of carbonyl (C=O) groups is 1. The summed E-state index contributed by atoms with van der Waals surface area (Å²) in [6, 6.07) is 16.5. The second kappa shape index (κ2) is 8.74. The maximum Gasteiger partial charge on any atom is 0.253 e. The standard InChI is InChI=1S/C23H26N4OS/c1-3-18-8-10-20(11-9-18)22(28)26-12-14-27(15-13-26)23-24-21(25-29-23)16-19-6-4-17(2)5-7-19/h4-11H,3,12-16H2,1-2H3. The van der Waals surface area contributed by atoms with Crippen molar-refractivity contribution in [1.29, 1.82) is 0 Å². The molecule has 0 radical (unpaired) electrons. The molecule has 29 heavy (non-hydrogen) atoms. The molecule has 3 aromatic rings. The van der Waals surface area contributed by atoms with E-state index in [0.29, 0.717) is 13.1 Å². The highest BCUT2D eigenvalue weighted by molar-refractivity contribution is 7.09. The molecule has 1 saturated heterocycles. The van der Waals surface area contributed by atoms with E-state index in [1.54, 1.807) is 0 Å². The first-order valence-corrected chi connectivity index (χ1v) is 10.9. The fourth-order valence-electron chi connectivity index (χ4n) is 3.50. The molecule has 1 amide bonds. The number of hydrogen-bond acceptors (Lipinski definition) is 5. The van der Waals surface area contributed by atoms with Crippen LogP contribution in [0.5, 0.6) is 0 Å². The highest BCUT2D eigenvalue weighted by atomic mass is 32.1. The molecular weight excluding hydrogens is 380 g/mol. The van der Waals surface area contributed by atoms with Crippen molar-refractivity contribution < 1.29 is 4.79 Å². The first-order valence-electron chi connectivity index (χ1n) is 10.1. The Bertz CT molecular complexity index is 957. The van der Waals surface area contributed by atoms with Gasteiger partial charge in [0.1, 0.15) is 5.82 Å². The third-order valence-electron chi connectivity index (χ3n) is 5.39. The average molecular weight is 407 g/mol. The Kier molecular flexibility index (Phi) is 5.90. The molecule has 2 aromatic carbocycles. The molecule has 0 spiro atoms. The van der Waals surface area contributed by atoms with Gasteiger partial charge in [-0.3, -0.25) is 4.79 Å². The number of nitrogens with zero attached hydrogens (tertiary/aromatic N) is 4. The van der Waals surface area contributed by atoms with Gasteiger partial charge in [0.05, 0.1) is 0 Å². The van der Waals surface area contributed by atoms with Crippen LogP contribution >= 0.6 is 11.5 Å². The molecular formula is C23H26N4OS. The molecule has 1 aliphatic rings. The minimum atomic E-state index is 0.115. The minimum absolute atomic E-state index is 0.115. The third kappa shape index (κ3) is 4.65. The van der Waals surface area contributed by atoms with E-state index in [2.05, 4.69) is 47.4 Å². The topological polar surface area (TPSA) is 49.3 Å². The normalized spacial score (nSPS) is 14.3. The van der Waals surface area contributed by atoms with Gasteiger partial charge in [-0.2, -0.15) is 4.37 Å². The maximum atomic E-state index is 12.8. The summed E-state index contributed by atoms with van der Waals surface area (Å²) >= 11 is 1.45. The quantitative estimate of drug-likeness (QED) is 0.643. The molecule has 0 saturated carbocycles. The van der Waals surface area contributed by atoms with Gasteiger partial charge in [-0.1, -0.05) is 48.9 Å². The number of aromatic nitrogens is 2. The lowest BCUT2D eigenvalue weighted by atomic mass is 10.1. The zero-order chi connectivity index (χ0) is 20.2. The van der Waals surface area contributed by atoms with Gasteiger partial charge in [0.15, 0.2) is 0 Å². The predicted octanol–water partition coefficient (Wildman–Crippen LogP) is 3.96. The highest BCUT2D eigenvalue weighted by Gasteiger charge is 2.24. The molecule has 0 atom stereocenters. The van der Waals surface area contributed by atoms with Crippen molar-refractivity contribution in [2.75, 3.05) is 31.1 Å². The number of benzene rings is 2. The highest BCUT2D eigenvalue weighted by Crippen LogP contribution is 2.21. The first kappa shape index (κ1) is 19.6. The Balaban J connectivity index is 1.34. The zero-order valence-electron chi connectivity index (χ0n) is 17.0. The Morgan fingerprint density at radius 3 is 2.28 bits per heavy atom. The molecule has 1 aliphatic heterocycles. The lowest BCUT2D eigenvalue weighted by Crippen LogP contribution is -2.48. The van der Waals surface area contributed by atoms with E-state index in [0.717, 1.165) is 42.5 Å². The predicted molar refractivity (Wildman–Crippen MR) is 118 cm³/mol.